The first-order valence-corrected chi connectivity index (χ1v) is 9.29. The molecule has 3 aliphatic heterocycles. The minimum Gasteiger partial charge on any atom is -0.406 e. The minimum absolute atomic E-state index is 0.218. The number of benzene rings is 1. The maximum absolute atomic E-state index is 12.6. The lowest BCUT2D eigenvalue weighted by atomic mass is 10.1. The summed E-state index contributed by atoms with van der Waals surface area (Å²) in [5.74, 6) is 1.17. The van der Waals surface area contributed by atoms with Crippen molar-refractivity contribution >= 4 is 18.1 Å². The number of hydrogen-bond donors (Lipinski definition) is 0. The van der Waals surface area contributed by atoms with Crippen molar-refractivity contribution in [2.75, 3.05) is 32.7 Å². The fourth-order valence-corrected chi connectivity index (χ4v) is 3.48. The van der Waals surface area contributed by atoms with E-state index in [1.165, 1.54) is 12.1 Å². The lowest BCUT2D eigenvalue weighted by Gasteiger charge is -2.37. The molecule has 3 heterocycles. The minimum atomic E-state index is -4.75. The van der Waals surface area contributed by atoms with Crippen LogP contribution in [0.3, 0.4) is 0 Å². The Morgan fingerprint density at radius 3 is 2.48 bits per heavy atom. The highest BCUT2D eigenvalue weighted by Crippen LogP contribution is 2.24. The third-order valence-electron chi connectivity index (χ3n) is 5.06. The van der Waals surface area contributed by atoms with Crippen molar-refractivity contribution in [3.63, 3.8) is 0 Å². The van der Waals surface area contributed by atoms with Crippen LogP contribution in [-0.4, -0.2) is 77.9 Å². The van der Waals surface area contributed by atoms with Gasteiger partial charge in [0.15, 0.2) is 0 Å². The quantitative estimate of drug-likeness (QED) is 0.772. The van der Waals surface area contributed by atoms with Gasteiger partial charge >= 0.3 is 6.36 Å². The number of halogens is 3. The highest BCUT2D eigenvalue weighted by atomic mass is 19.4. The average Bonchev–Trinajstić information content (AvgIpc) is 3.07. The monoisotopic (exact) mass is 407 g/mol. The normalized spacial score (nSPS) is 21.7. The average molecular weight is 407 g/mol. The van der Waals surface area contributed by atoms with E-state index in [0.29, 0.717) is 37.8 Å². The van der Waals surface area contributed by atoms with E-state index in [4.69, 9.17) is 0 Å². The van der Waals surface area contributed by atoms with E-state index in [2.05, 4.69) is 26.5 Å². The first-order chi connectivity index (χ1) is 13.8. The molecule has 1 saturated heterocycles. The molecule has 7 nitrogen and oxygen atoms in total. The van der Waals surface area contributed by atoms with Crippen molar-refractivity contribution in [1.29, 1.82) is 0 Å². The Morgan fingerprint density at radius 1 is 1.14 bits per heavy atom. The molecule has 1 fully saturated rings. The van der Waals surface area contributed by atoms with Crippen LogP contribution in [0.15, 0.2) is 46.1 Å². The number of amidine groups is 1. The zero-order chi connectivity index (χ0) is 20.6. The molecule has 1 amide bonds. The molecule has 4 rings (SSSR count). The molecule has 0 N–H and O–H groups in total. The molecule has 0 radical (unpaired) electrons. The molecule has 1 aromatic carbocycles. The van der Waals surface area contributed by atoms with Crippen molar-refractivity contribution in [1.82, 2.24) is 14.7 Å². The summed E-state index contributed by atoms with van der Waals surface area (Å²) in [7, 11) is 0. The molecule has 1 aromatic rings. The van der Waals surface area contributed by atoms with Gasteiger partial charge in [0.2, 0.25) is 0 Å². The van der Waals surface area contributed by atoms with E-state index < -0.39 is 6.36 Å². The number of ether oxygens (including phenoxy) is 1. The summed E-state index contributed by atoms with van der Waals surface area (Å²) in [6.07, 6.45) is -0.994. The van der Waals surface area contributed by atoms with Crippen LogP contribution in [0.5, 0.6) is 5.75 Å². The molecule has 10 heteroatoms. The van der Waals surface area contributed by atoms with E-state index in [1.807, 2.05) is 11.0 Å². The molecule has 3 aliphatic rings. The Hall–Kier alpha value is -3.04. The van der Waals surface area contributed by atoms with Gasteiger partial charge in [-0.25, -0.2) is 4.99 Å². The van der Waals surface area contributed by atoms with Crippen molar-refractivity contribution in [2.45, 2.75) is 19.3 Å². The van der Waals surface area contributed by atoms with Crippen molar-refractivity contribution < 1.29 is 22.7 Å². The van der Waals surface area contributed by atoms with Crippen LogP contribution in [0.4, 0.5) is 13.2 Å². The topological polar surface area (TPSA) is 60.7 Å². The summed E-state index contributed by atoms with van der Waals surface area (Å²) < 4.78 is 40.6. The largest absolute Gasteiger partial charge is 0.573 e. The lowest BCUT2D eigenvalue weighted by molar-refractivity contribution is -0.274. The molecule has 1 atom stereocenters. The van der Waals surface area contributed by atoms with Gasteiger partial charge in [-0.3, -0.25) is 9.79 Å². The van der Waals surface area contributed by atoms with Gasteiger partial charge in [0, 0.05) is 37.8 Å². The number of carbonyl (C=O) groups excluding carboxylic acids is 1. The summed E-state index contributed by atoms with van der Waals surface area (Å²) in [5.41, 5.74) is 0.327. The van der Waals surface area contributed by atoms with Crippen LogP contribution < -0.4 is 4.74 Å². The van der Waals surface area contributed by atoms with Crippen molar-refractivity contribution in [3.8, 4) is 5.75 Å². The lowest BCUT2D eigenvalue weighted by Crippen LogP contribution is -2.48. The second kappa shape index (κ2) is 7.41. The van der Waals surface area contributed by atoms with E-state index in [1.54, 1.807) is 11.2 Å². The first kappa shape index (κ1) is 19.3. The maximum Gasteiger partial charge on any atom is 0.573 e. The standard InChI is InChI=1S/C19H20F3N5O2/c1-13-11-23-17-10-16(24-12-27(13)17)25-6-8-26(9-7-25)18(28)14-2-4-15(5-3-14)29-19(20,21)22/h2-5,10,12-13H,6-9,11H2,1H3/t13-/m1/s1. The highest BCUT2D eigenvalue weighted by molar-refractivity contribution is 6.03. The number of amides is 1. The Morgan fingerprint density at radius 2 is 1.83 bits per heavy atom. The number of carbonyl (C=O) groups is 1. The van der Waals surface area contributed by atoms with Gasteiger partial charge < -0.3 is 19.4 Å². The zero-order valence-corrected chi connectivity index (χ0v) is 15.8. The molecule has 0 spiro atoms. The number of fused-ring (bicyclic) bond motifs is 1. The number of rotatable bonds is 3. The predicted octanol–water partition coefficient (Wildman–Crippen LogP) is 2.33. The van der Waals surface area contributed by atoms with Gasteiger partial charge in [0.05, 0.1) is 18.9 Å². The van der Waals surface area contributed by atoms with Gasteiger partial charge in [-0.2, -0.15) is 0 Å². The summed E-state index contributed by atoms with van der Waals surface area (Å²) >= 11 is 0. The fourth-order valence-electron chi connectivity index (χ4n) is 3.48. The van der Waals surface area contributed by atoms with E-state index in [9.17, 15) is 18.0 Å². The van der Waals surface area contributed by atoms with Crippen LogP contribution in [0.2, 0.25) is 0 Å². The first-order valence-electron chi connectivity index (χ1n) is 9.29. The van der Waals surface area contributed by atoms with Crippen LogP contribution >= 0.6 is 0 Å². The van der Waals surface area contributed by atoms with Crippen LogP contribution in [0.1, 0.15) is 17.3 Å². The smallest absolute Gasteiger partial charge is 0.406 e. The van der Waals surface area contributed by atoms with Crippen LogP contribution in [0.25, 0.3) is 0 Å². The molecular formula is C19H20F3N5O2. The van der Waals surface area contributed by atoms with Gasteiger partial charge in [-0.15, -0.1) is 13.2 Å². The molecule has 0 aliphatic carbocycles. The number of hydrogen-bond acceptors (Lipinski definition) is 6. The number of alkyl halides is 3. The van der Waals surface area contributed by atoms with Gasteiger partial charge in [0.25, 0.3) is 5.91 Å². The van der Waals surface area contributed by atoms with Gasteiger partial charge in [0.1, 0.15) is 17.4 Å². The molecule has 0 bridgehead atoms. The van der Waals surface area contributed by atoms with Crippen LogP contribution in [-0.2, 0) is 0 Å². The van der Waals surface area contributed by atoms with E-state index in [0.717, 1.165) is 30.3 Å². The van der Waals surface area contributed by atoms with Gasteiger partial charge in [-0.1, -0.05) is 0 Å². The highest BCUT2D eigenvalue weighted by Gasteiger charge is 2.31. The summed E-state index contributed by atoms with van der Waals surface area (Å²) in [6, 6.07) is 5.30. The molecule has 29 heavy (non-hydrogen) atoms. The molecule has 0 unspecified atom stereocenters. The molecular weight excluding hydrogens is 387 g/mol. The third kappa shape index (κ3) is 4.20. The number of piperazine rings is 1. The zero-order valence-electron chi connectivity index (χ0n) is 15.8. The Bertz CT molecular complexity index is 871. The SMILES string of the molecule is C[C@@H]1CN=C2C=C(N3CCN(C(=O)c4ccc(OC(F)(F)F)cc4)CC3)N=CN21. The summed E-state index contributed by atoms with van der Waals surface area (Å²) in [4.78, 5) is 27.5. The molecule has 0 saturated carbocycles. The Kier molecular flexibility index (Phi) is 4.93. The van der Waals surface area contributed by atoms with E-state index in [-0.39, 0.29) is 11.7 Å². The Balaban J connectivity index is 1.34. The summed E-state index contributed by atoms with van der Waals surface area (Å²) in [5, 5.41) is 0. The van der Waals surface area contributed by atoms with Crippen molar-refractivity contribution in [3.05, 3.63) is 41.7 Å². The maximum atomic E-state index is 12.6. The summed E-state index contributed by atoms with van der Waals surface area (Å²) in [6.45, 7) is 5.08. The van der Waals surface area contributed by atoms with Gasteiger partial charge in [-0.05, 0) is 31.2 Å². The molecule has 154 valence electrons. The third-order valence-corrected chi connectivity index (χ3v) is 5.06. The van der Waals surface area contributed by atoms with Crippen LogP contribution in [0, 0.1) is 0 Å². The molecule has 0 aromatic heterocycles. The van der Waals surface area contributed by atoms with Crippen molar-refractivity contribution in [2.24, 2.45) is 9.98 Å². The Labute approximate surface area is 165 Å². The number of nitrogens with zero attached hydrogens (tertiary/aromatic N) is 5. The second-order valence-corrected chi connectivity index (χ2v) is 7.05. The predicted molar refractivity (Wildman–Crippen MR) is 101 cm³/mol. The number of aliphatic imine (C=N–C) groups is 2. The fraction of sp³-hybridized carbons (Fsp3) is 0.421. The second-order valence-electron chi connectivity index (χ2n) is 7.05. The van der Waals surface area contributed by atoms with E-state index >= 15 is 0 Å².